The van der Waals surface area contributed by atoms with Gasteiger partial charge in [-0.05, 0) is 13.0 Å². The molecule has 1 aromatic rings. The van der Waals surface area contributed by atoms with Crippen LogP contribution in [0.15, 0.2) is 12.3 Å². The minimum atomic E-state index is -2.46. The molecule has 6 heteroatoms. The van der Waals surface area contributed by atoms with Gasteiger partial charge in [-0.1, -0.05) is 0 Å². The summed E-state index contributed by atoms with van der Waals surface area (Å²) in [6.07, 6.45) is 1.78. The number of hydrogen-bond acceptors (Lipinski definition) is 4. The van der Waals surface area contributed by atoms with Crippen LogP contribution in [0.2, 0.25) is 6.04 Å². The summed E-state index contributed by atoms with van der Waals surface area (Å²) < 4.78 is 17.9. The van der Waals surface area contributed by atoms with E-state index in [1.165, 1.54) is 0 Å². The molecule has 0 spiro atoms. The predicted octanol–water partition coefficient (Wildman–Crippen LogP) is 1.07. The number of rotatable bonds is 6. The molecule has 1 aromatic heterocycles. The molecular formula is C9H18N2O3Si. The van der Waals surface area contributed by atoms with E-state index in [9.17, 15) is 0 Å². The molecule has 0 aliphatic rings. The van der Waals surface area contributed by atoms with E-state index in [0.717, 1.165) is 18.3 Å². The minimum Gasteiger partial charge on any atom is -0.377 e. The zero-order chi connectivity index (χ0) is 11.3. The molecule has 0 aliphatic carbocycles. The first kappa shape index (κ1) is 12.4. The van der Waals surface area contributed by atoms with Crippen LogP contribution in [0.1, 0.15) is 5.69 Å². The van der Waals surface area contributed by atoms with Crippen molar-refractivity contribution in [3.63, 3.8) is 0 Å². The van der Waals surface area contributed by atoms with Gasteiger partial charge in [0.25, 0.3) is 0 Å². The van der Waals surface area contributed by atoms with E-state index in [1.807, 2.05) is 17.7 Å². The third kappa shape index (κ3) is 2.88. The summed E-state index contributed by atoms with van der Waals surface area (Å²) in [4.78, 5) is 0. The number of hydrogen-bond donors (Lipinski definition) is 0. The van der Waals surface area contributed by atoms with Crippen LogP contribution < -0.4 is 0 Å². The maximum atomic E-state index is 5.33. The minimum absolute atomic E-state index is 0.721. The van der Waals surface area contributed by atoms with Crippen LogP contribution in [0.3, 0.4) is 0 Å². The molecule has 0 N–H and O–H groups in total. The summed E-state index contributed by atoms with van der Waals surface area (Å²) in [5, 5.41) is 4.19. The smallest absolute Gasteiger partial charge is 0.377 e. The van der Waals surface area contributed by atoms with Gasteiger partial charge in [0.2, 0.25) is 0 Å². The largest absolute Gasteiger partial charge is 0.502 e. The van der Waals surface area contributed by atoms with Crippen LogP contribution in [-0.2, 0) is 19.8 Å². The van der Waals surface area contributed by atoms with Gasteiger partial charge in [-0.15, -0.1) is 0 Å². The molecule has 0 fully saturated rings. The molecule has 1 heterocycles. The summed E-state index contributed by atoms with van der Waals surface area (Å²) in [5.74, 6) is 0. The Hall–Kier alpha value is -0.693. The lowest BCUT2D eigenvalue weighted by Gasteiger charge is -2.24. The van der Waals surface area contributed by atoms with Crippen molar-refractivity contribution in [2.24, 2.45) is 0 Å². The molecule has 0 saturated heterocycles. The Morgan fingerprint density at radius 3 is 2.27 bits per heavy atom. The normalized spacial score (nSPS) is 12.0. The highest BCUT2D eigenvalue weighted by molar-refractivity contribution is 6.60. The highest BCUT2D eigenvalue weighted by Crippen LogP contribution is 2.14. The maximum absolute atomic E-state index is 5.33. The number of aromatic nitrogens is 2. The molecule has 15 heavy (non-hydrogen) atoms. The Morgan fingerprint density at radius 1 is 1.27 bits per heavy atom. The highest BCUT2D eigenvalue weighted by Gasteiger charge is 2.37. The van der Waals surface area contributed by atoms with Crippen molar-refractivity contribution in [3.8, 4) is 0 Å². The van der Waals surface area contributed by atoms with Crippen LogP contribution >= 0.6 is 0 Å². The summed E-state index contributed by atoms with van der Waals surface area (Å²) in [6.45, 7) is 2.77. The van der Waals surface area contributed by atoms with Gasteiger partial charge >= 0.3 is 8.80 Å². The Morgan fingerprint density at radius 2 is 1.87 bits per heavy atom. The molecular weight excluding hydrogens is 212 g/mol. The van der Waals surface area contributed by atoms with Crippen LogP contribution in [0.5, 0.6) is 0 Å². The molecule has 0 unspecified atom stereocenters. The quantitative estimate of drug-likeness (QED) is 0.686. The molecule has 0 aliphatic heterocycles. The summed E-state index contributed by atoms with van der Waals surface area (Å²) in [6, 6.07) is 2.69. The third-order valence-corrected chi connectivity index (χ3v) is 5.19. The Kier molecular flexibility index (Phi) is 4.46. The molecule has 0 amide bonds. The summed E-state index contributed by atoms with van der Waals surface area (Å²) in [7, 11) is 2.40. The monoisotopic (exact) mass is 230 g/mol. The summed E-state index contributed by atoms with van der Waals surface area (Å²) >= 11 is 0. The fourth-order valence-electron chi connectivity index (χ4n) is 1.43. The Bertz CT molecular complexity index is 291. The molecule has 0 atom stereocenters. The van der Waals surface area contributed by atoms with Crippen molar-refractivity contribution in [1.82, 2.24) is 9.78 Å². The van der Waals surface area contributed by atoms with Gasteiger partial charge in [0.1, 0.15) is 0 Å². The second-order valence-corrected chi connectivity index (χ2v) is 6.33. The van der Waals surface area contributed by atoms with Gasteiger partial charge in [-0.2, -0.15) is 5.10 Å². The van der Waals surface area contributed by atoms with E-state index in [1.54, 1.807) is 27.5 Å². The lowest BCUT2D eigenvalue weighted by Crippen LogP contribution is -2.43. The second kappa shape index (κ2) is 5.41. The maximum Gasteiger partial charge on any atom is 0.502 e. The first-order valence-corrected chi connectivity index (χ1v) is 6.74. The molecule has 5 nitrogen and oxygen atoms in total. The van der Waals surface area contributed by atoms with Crippen molar-refractivity contribution in [3.05, 3.63) is 18.0 Å². The topological polar surface area (TPSA) is 45.5 Å². The highest BCUT2D eigenvalue weighted by atomic mass is 28.4. The van der Waals surface area contributed by atoms with Gasteiger partial charge in [0.15, 0.2) is 0 Å². The van der Waals surface area contributed by atoms with Crippen molar-refractivity contribution in [2.75, 3.05) is 21.3 Å². The predicted molar refractivity (Wildman–Crippen MR) is 58.6 cm³/mol. The van der Waals surface area contributed by atoms with Crippen LogP contribution in [0, 0.1) is 6.92 Å². The Labute approximate surface area is 91.3 Å². The van der Waals surface area contributed by atoms with Crippen molar-refractivity contribution >= 4 is 8.80 Å². The lowest BCUT2D eigenvalue weighted by atomic mass is 10.5. The SMILES string of the molecule is CO[Si](CCn1nccc1C)(OC)OC. The third-order valence-electron chi connectivity index (χ3n) is 2.49. The number of aryl methyl sites for hydroxylation is 2. The molecule has 0 bridgehead atoms. The lowest BCUT2D eigenvalue weighted by molar-refractivity contribution is 0.121. The van der Waals surface area contributed by atoms with Gasteiger partial charge in [0.05, 0.1) is 0 Å². The van der Waals surface area contributed by atoms with Crippen LogP contribution in [0.4, 0.5) is 0 Å². The van der Waals surface area contributed by atoms with Gasteiger partial charge in [0, 0.05) is 45.8 Å². The van der Waals surface area contributed by atoms with E-state index in [2.05, 4.69) is 5.10 Å². The van der Waals surface area contributed by atoms with Gasteiger partial charge in [-0.25, -0.2) is 0 Å². The van der Waals surface area contributed by atoms with Crippen molar-refractivity contribution in [2.45, 2.75) is 19.5 Å². The summed E-state index contributed by atoms with van der Waals surface area (Å²) in [5.41, 5.74) is 1.13. The van der Waals surface area contributed by atoms with Gasteiger partial charge in [-0.3, -0.25) is 4.68 Å². The van der Waals surface area contributed by atoms with E-state index >= 15 is 0 Å². The first-order valence-electron chi connectivity index (χ1n) is 4.81. The fourth-order valence-corrected chi connectivity index (χ4v) is 3.03. The number of nitrogens with zero attached hydrogens (tertiary/aromatic N) is 2. The zero-order valence-corrected chi connectivity index (χ0v) is 10.7. The average molecular weight is 230 g/mol. The van der Waals surface area contributed by atoms with Crippen molar-refractivity contribution < 1.29 is 13.3 Å². The van der Waals surface area contributed by atoms with Crippen molar-refractivity contribution in [1.29, 1.82) is 0 Å². The molecule has 86 valence electrons. The van der Waals surface area contributed by atoms with Gasteiger partial charge < -0.3 is 13.3 Å². The zero-order valence-electron chi connectivity index (χ0n) is 9.69. The van der Waals surface area contributed by atoms with Crippen LogP contribution in [-0.4, -0.2) is 39.9 Å². The standard InChI is InChI=1S/C9H18N2O3Si/c1-9-5-6-10-11(9)7-8-15(12-2,13-3)14-4/h5-6H,7-8H2,1-4H3. The molecule has 0 saturated carbocycles. The first-order chi connectivity index (χ1) is 7.17. The van der Waals surface area contributed by atoms with E-state index in [0.29, 0.717) is 0 Å². The molecule has 0 radical (unpaired) electrons. The van der Waals surface area contributed by atoms with E-state index < -0.39 is 8.80 Å². The van der Waals surface area contributed by atoms with E-state index in [4.69, 9.17) is 13.3 Å². The molecule has 1 rings (SSSR count). The second-order valence-electron chi connectivity index (χ2n) is 3.24. The fraction of sp³-hybridized carbons (Fsp3) is 0.667. The van der Waals surface area contributed by atoms with Crippen LogP contribution in [0.25, 0.3) is 0 Å². The molecule has 0 aromatic carbocycles. The average Bonchev–Trinajstić information content (AvgIpc) is 2.67. The Balaban J connectivity index is 2.58. The van der Waals surface area contributed by atoms with E-state index in [-0.39, 0.29) is 0 Å².